The molecule has 1 fully saturated rings. The molecule has 1 rings (SSSR count). The number of rotatable bonds is 45. The number of amides is 1. The first kappa shape index (κ1) is 60.1. The van der Waals surface area contributed by atoms with Gasteiger partial charge in [-0.2, -0.15) is 8.42 Å². The maximum Gasteiger partial charge on any atom is 0.397 e. The fourth-order valence-electron chi connectivity index (χ4n) is 8.64. The summed E-state index contributed by atoms with van der Waals surface area (Å²) in [6.45, 7) is 3.31. The molecule has 8 atom stereocenters. The van der Waals surface area contributed by atoms with Crippen molar-refractivity contribution >= 4 is 16.3 Å². The molecule has 1 aliphatic heterocycles. The summed E-state index contributed by atoms with van der Waals surface area (Å²) in [6, 6.07) is -1.03. The molecule has 8 unspecified atom stereocenters. The van der Waals surface area contributed by atoms with Crippen molar-refractivity contribution in [3.63, 3.8) is 0 Å². The highest BCUT2D eigenvalue weighted by molar-refractivity contribution is 7.80. The summed E-state index contributed by atoms with van der Waals surface area (Å²) in [5.41, 5.74) is 0. The summed E-state index contributed by atoms with van der Waals surface area (Å²) in [7, 11) is -5.11. The highest BCUT2D eigenvalue weighted by Gasteiger charge is 2.48. The van der Waals surface area contributed by atoms with E-state index in [9.17, 15) is 43.3 Å². The fourth-order valence-corrected chi connectivity index (χ4v) is 9.15. The molecule has 0 aromatic carbocycles. The van der Waals surface area contributed by atoms with Crippen LogP contribution in [-0.4, -0.2) is 107 Å². The molecule has 63 heavy (non-hydrogen) atoms. The third kappa shape index (κ3) is 32.4. The molecule has 0 spiro atoms. The molecule has 0 bridgehead atoms. The molecule has 0 radical (unpaired) electrons. The van der Waals surface area contributed by atoms with E-state index in [1.54, 1.807) is 0 Å². The van der Waals surface area contributed by atoms with Crippen LogP contribution in [0.25, 0.3) is 0 Å². The van der Waals surface area contributed by atoms with Gasteiger partial charge in [0.2, 0.25) is 5.91 Å². The second-order valence-electron chi connectivity index (χ2n) is 18.6. The Morgan fingerprint density at radius 1 is 0.571 bits per heavy atom. The average Bonchev–Trinajstić information content (AvgIpc) is 3.25. The maximum absolute atomic E-state index is 13.2. The van der Waals surface area contributed by atoms with Crippen molar-refractivity contribution < 1.29 is 57.0 Å². The summed E-state index contributed by atoms with van der Waals surface area (Å²) in [6.07, 6.45) is 31.4. The normalized spacial score (nSPS) is 20.8. The van der Waals surface area contributed by atoms with Crippen molar-refractivity contribution in [2.24, 2.45) is 0 Å². The van der Waals surface area contributed by atoms with Crippen molar-refractivity contribution in [2.75, 3.05) is 13.2 Å². The van der Waals surface area contributed by atoms with Crippen LogP contribution in [0.2, 0.25) is 0 Å². The average molecular weight is 924 g/mol. The van der Waals surface area contributed by atoms with E-state index in [0.29, 0.717) is 19.3 Å². The highest BCUT2D eigenvalue weighted by Crippen LogP contribution is 2.26. The van der Waals surface area contributed by atoms with E-state index < -0.39 is 78.5 Å². The summed E-state index contributed by atoms with van der Waals surface area (Å²) in [4.78, 5) is 13.2. The number of unbranched alkanes of at least 4 members (excludes halogenated alkanes) is 32. The zero-order chi connectivity index (χ0) is 46.4. The SMILES string of the molecule is CCCCCCCCCCCCCCCCCCCCCCC(O)C(=O)NC(COC1OC(CO)C(O)C(OS(=O)(=O)O)C1O)C(O)CCCCCCCCCCCCCCCC. The van der Waals surface area contributed by atoms with Gasteiger partial charge < -0.3 is 40.3 Å². The number of aliphatic hydroxyl groups excluding tert-OH is 5. The smallest absolute Gasteiger partial charge is 0.394 e. The summed E-state index contributed by atoms with van der Waals surface area (Å²) in [5.74, 6) is -0.664. The Balaban J connectivity index is 2.45. The first-order valence-corrected chi connectivity index (χ1v) is 27.4. The third-order valence-corrected chi connectivity index (χ3v) is 13.2. The third-order valence-electron chi connectivity index (χ3n) is 12.8. The Bertz CT molecular complexity index is 1150. The van der Waals surface area contributed by atoms with E-state index in [1.807, 2.05) is 0 Å². The van der Waals surface area contributed by atoms with Crippen molar-refractivity contribution in [3.8, 4) is 0 Å². The lowest BCUT2D eigenvalue weighted by molar-refractivity contribution is -0.298. The lowest BCUT2D eigenvalue weighted by Gasteiger charge is -2.41. The molecule has 1 saturated heterocycles. The van der Waals surface area contributed by atoms with Gasteiger partial charge in [0.15, 0.2) is 6.29 Å². The minimum atomic E-state index is -5.11. The molecule has 0 aromatic heterocycles. The van der Waals surface area contributed by atoms with Crippen LogP contribution < -0.4 is 5.32 Å². The van der Waals surface area contributed by atoms with Crippen LogP contribution in [0.3, 0.4) is 0 Å². The van der Waals surface area contributed by atoms with Gasteiger partial charge in [-0.05, 0) is 12.8 Å². The highest BCUT2D eigenvalue weighted by atomic mass is 32.3. The number of hydrogen-bond donors (Lipinski definition) is 7. The van der Waals surface area contributed by atoms with Crippen LogP contribution >= 0.6 is 0 Å². The van der Waals surface area contributed by atoms with Crippen molar-refractivity contribution in [2.45, 2.75) is 294 Å². The molecule has 1 heterocycles. The van der Waals surface area contributed by atoms with Crippen LogP contribution in [-0.2, 0) is 28.9 Å². The number of carbonyl (C=O) groups is 1. The van der Waals surface area contributed by atoms with E-state index >= 15 is 0 Å². The van der Waals surface area contributed by atoms with Gasteiger partial charge in [-0.1, -0.05) is 232 Å². The summed E-state index contributed by atoms with van der Waals surface area (Å²) < 4.78 is 47.7. The van der Waals surface area contributed by atoms with Crippen LogP contribution in [0.15, 0.2) is 0 Å². The maximum atomic E-state index is 13.2. The molecule has 376 valence electrons. The molecular formula is C49H97NO12S. The Kier molecular flexibility index (Phi) is 38.3. The largest absolute Gasteiger partial charge is 0.397 e. The van der Waals surface area contributed by atoms with Gasteiger partial charge in [-0.15, -0.1) is 0 Å². The summed E-state index contributed by atoms with van der Waals surface area (Å²) in [5, 5.41) is 55.5. The van der Waals surface area contributed by atoms with Crippen molar-refractivity contribution in [1.29, 1.82) is 0 Å². The van der Waals surface area contributed by atoms with E-state index in [-0.39, 0.29) is 6.42 Å². The monoisotopic (exact) mass is 924 g/mol. The molecule has 13 nitrogen and oxygen atoms in total. The number of aliphatic hydroxyl groups is 5. The molecule has 0 saturated carbocycles. The van der Waals surface area contributed by atoms with Crippen LogP contribution in [0.4, 0.5) is 0 Å². The molecule has 7 N–H and O–H groups in total. The molecule has 1 amide bonds. The van der Waals surface area contributed by atoms with Gasteiger partial charge in [0, 0.05) is 0 Å². The molecule has 14 heteroatoms. The first-order chi connectivity index (χ1) is 30.4. The van der Waals surface area contributed by atoms with E-state index in [0.717, 1.165) is 38.5 Å². The van der Waals surface area contributed by atoms with Crippen LogP contribution in [0.5, 0.6) is 0 Å². The molecular weight excluding hydrogens is 827 g/mol. The van der Waals surface area contributed by atoms with E-state index in [2.05, 4.69) is 23.3 Å². The zero-order valence-corrected chi connectivity index (χ0v) is 40.8. The first-order valence-electron chi connectivity index (χ1n) is 26.0. The van der Waals surface area contributed by atoms with Gasteiger partial charge in [0.1, 0.15) is 30.5 Å². The van der Waals surface area contributed by atoms with Gasteiger partial charge in [-0.25, -0.2) is 4.18 Å². The minimum absolute atomic E-state index is 0.266. The van der Waals surface area contributed by atoms with E-state index in [4.69, 9.17) is 9.47 Å². The van der Waals surface area contributed by atoms with Crippen LogP contribution in [0.1, 0.15) is 245 Å². The van der Waals surface area contributed by atoms with Gasteiger partial charge >= 0.3 is 10.4 Å². The number of ether oxygens (including phenoxy) is 2. The van der Waals surface area contributed by atoms with Gasteiger partial charge in [0.25, 0.3) is 0 Å². The standard InChI is InChI=1S/C49H97NO12S/c1-3-5-7-9-11-13-15-17-19-20-21-22-23-24-26-28-30-32-34-36-38-43(53)48(56)50-41(40-60-49-46(55)47(62-63(57,58)59)45(54)44(39-51)61-49)42(52)37-35-33-31-29-27-25-18-16-14-12-10-8-6-4-2/h41-47,49,51-55H,3-40H2,1-2H3,(H,50,56)(H,57,58,59). The fraction of sp³-hybridized carbons (Fsp3) is 0.980. The topological polar surface area (TPSA) is 212 Å². The predicted molar refractivity (Wildman–Crippen MR) is 252 cm³/mol. The van der Waals surface area contributed by atoms with Crippen LogP contribution in [0, 0.1) is 0 Å². The molecule has 0 aromatic rings. The Labute approximate surface area is 384 Å². The predicted octanol–water partition coefficient (Wildman–Crippen LogP) is 9.92. The molecule has 0 aliphatic carbocycles. The molecule has 1 aliphatic rings. The van der Waals surface area contributed by atoms with Crippen molar-refractivity contribution in [3.05, 3.63) is 0 Å². The zero-order valence-electron chi connectivity index (χ0n) is 40.0. The van der Waals surface area contributed by atoms with Gasteiger partial charge in [-0.3, -0.25) is 9.35 Å². The quantitative estimate of drug-likeness (QED) is 0.0225. The lowest BCUT2D eigenvalue weighted by atomic mass is 9.99. The van der Waals surface area contributed by atoms with Gasteiger partial charge in [0.05, 0.1) is 25.4 Å². The number of nitrogens with one attached hydrogen (secondary N) is 1. The minimum Gasteiger partial charge on any atom is -0.394 e. The number of carbonyl (C=O) groups excluding carboxylic acids is 1. The summed E-state index contributed by atoms with van der Waals surface area (Å²) >= 11 is 0. The lowest BCUT2D eigenvalue weighted by Crippen LogP contribution is -2.61. The van der Waals surface area contributed by atoms with Crippen molar-refractivity contribution in [1.82, 2.24) is 5.32 Å². The number of hydrogen-bond acceptors (Lipinski definition) is 11. The Morgan fingerprint density at radius 2 is 0.921 bits per heavy atom. The second-order valence-corrected chi connectivity index (χ2v) is 19.7. The second kappa shape index (κ2) is 40.2. The Morgan fingerprint density at radius 3 is 1.27 bits per heavy atom. The van der Waals surface area contributed by atoms with E-state index in [1.165, 1.54) is 167 Å². The Hall–Kier alpha value is -0.940.